The maximum absolute atomic E-state index is 5.95. The quantitative estimate of drug-likeness (QED) is 0.756. The van der Waals surface area contributed by atoms with Crippen molar-refractivity contribution in [2.45, 2.75) is 39.5 Å². The Balaban J connectivity index is 2.84. The summed E-state index contributed by atoms with van der Waals surface area (Å²) in [5, 5.41) is 4.30. The molecule has 0 radical (unpaired) electrons. The Morgan fingerprint density at radius 2 is 1.65 bits per heavy atom. The summed E-state index contributed by atoms with van der Waals surface area (Å²) in [5.74, 6) is 1.34. The Morgan fingerprint density at radius 3 is 2.12 bits per heavy atom. The first-order valence-electron chi connectivity index (χ1n) is 6.69. The molecule has 96 valence electrons. The predicted molar refractivity (Wildman–Crippen MR) is 76.8 cm³/mol. The van der Waals surface area contributed by atoms with Crippen molar-refractivity contribution in [3.05, 3.63) is 34.9 Å². The molecule has 17 heavy (non-hydrogen) atoms. The van der Waals surface area contributed by atoms with Gasteiger partial charge < -0.3 is 5.32 Å². The highest BCUT2D eigenvalue weighted by atomic mass is 35.5. The van der Waals surface area contributed by atoms with E-state index in [0.29, 0.717) is 5.92 Å². The average molecular weight is 254 g/mol. The zero-order valence-corrected chi connectivity index (χ0v) is 11.9. The van der Waals surface area contributed by atoms with Crippen LogP contribution in [-0.2, 0) is 0 Å². The molecule has 1 unspecified atom stereocenters. The fourth-order valence-electron chi connectivity index (χ4n) is 2.42. The van der Waals surface area contributed by atoms with E-state index in [0.717, 1.165) is 24.0 Å². The van der Waals surface area contributed by atoms with Crippen molar-refractivity contribution in [3.8, 4) is 0 Å². The lowest BCUT2D eigenvalue weighted by Gasteiger charge is -2.26. The molecule has 0 saturated carbocycles. The standard InChI is InChI=1S/C15H24ClN/c1-4-12(5-2)15(11-17-6-3)13-7-9-14(16)10-8-13/h7-10,12,15,17H,4-6,11H2,1-3H3. The minimum absolute atomic E-state index is 0.599. The van der Waals surface area contributed by atoms with Crippen LogP contribution in [0, 0.1) is 5.92 Å². The van der Waals surface area contributed by atoms with Crippen LogP contribution in [0.3, 0.4) is 0 Å². The average Bonchev–Trinajstić information content (AvgIpc) is 2.36. The molecule has 0 aliphatic carbocycles. The van der Waals surface area contributed by atoms with Gasteiger partial charge in [0.2, 0.25) is 0 Å². The molecule has 0 aliphatic heterocycles. The Labute approximate surface area is 111 Å². The van der Waals surface area contributed by atoms with E-state index in [9.17, 15) is 0 Å². The number of likely N-dealkylation sites (N-methyl/N-ethyl adjacent to an activating group) is 1. The third kappa shape index (κ3) is 4.33. The lowest BCUT2D eigenvalue weighted by molar-refractivity contribution is 0.382. The van der Waals surface area contributed by atoms with Gasteiger partial charge in [-0.05, 0) is 36.1 Å². The van der Waals surface area contributed by atoms with Gasteiger partial charge in [-0.2, -0.15) is 0 Å². The molecule has 1 N–H and O–H groups in total. The molecular formula is C15H24ClN. The molecule has 1 aromatic carbocycles. The Hall–Kier alpha value is -0.530. The topological polar surface area (TPSA) is 12.0 Å². The van der Waals surface area contributed by atoms with E-state index in [2.05, 4.69) is 38.2 Å². The summed E-state index contributed by atoms with van der Waals surface area (Å²) in [5.41, 5.74) is 1.41. The highest BCUT2D eigenvalue weighted by molar-refractivity contribution is 6.30. The third-order valence-electron chi connectivity index (χ3n) is 3.53. The van der Waals surface area contributed by atoms with Gasteiger partial charge in [-0.15, -0.1) is 0 Å². The van der Waals surface area contributed by atoms with Gasteiger partial charge in [-0.1, -0.05) is 57.3 Å². The summed E-state index contributed by atoms with van der Waals surface area (Å²) in [4.78, 5) is 0. The summed E-state index contributed by atoms with van der Waals surface area (Å²) in [6.07, 6.45) is 2.46. The van der Waals surface area contributed by atoms with Crippen molar-refractivity contribution in [1.82, 2.24) is 5.32 Å². The molecule has 0 spiro atoms. The smallest absolute Gasteiger partial charge is 0.0406 e. The van der Waals surface area contributed by atoms with Crippen molar-refractivity contribution < 1.29 is 0 Å². The summed E-state index contributed by atoms with van der Waals surface area (Å²) in [6.45, 7) is 8.81. The Kier molecular flexibility index (Phi) is 6.61. The van der Waals surface area contributed by atoms with Crippen LogP contribution < -0.4 is 5.32 Å². The first kappa shape index (κ1) is 14.5. The second-order valence-electron chi connectivity index (χ2n) is 4.54. The molecule has 0 aliphatic rings. The van der Waals surface area contributed by atoms with E-state index in [1.807, 2.05) is 12.1 Å². The van der Waals surface area contributed by atoms with E-state index in [1.165, 1.54) is 18.4 Å². The maximum Gasteiger partial charge on any atom is 0.0406 e. The predicted octanol–water partition coefficient (Wildman–Crippen LogP) is 4.47. The number of hydrogen-bond donors (Lipinski definition) is 1. The van der Waals surface area contributed by atoms with Crippen molar-refractivity contribution >= 4 is 11.6 Å². The lowest BCUT2D eigenvalue weighted by Crippen LogP contribution is -2.26. The van der Waals surface area contributed by atoms with Gasteiger partial charge in [0.15, 0.2) is 0 Å². The minimum atomic E-state index is 0.599. The first-order valence-corrected chi connectivity index (χ1v) is 7.06. The van der Waals surface area contributed by atoms with Crippen molar-refractivity contribution in [1.29, 1.82) is 0 Å². The molecular weight excluding hydrogens is 230 g/mol. The van der Waals surface area contributed by atoms with Gasteiger partial charge in [-0.3, -0.25) is 0 Å². The summed E-state index contributed by atoms with van der Waals surface area (Å²) in [7, 11) is 0. The number of benzene rings is 1. The summed E-state index contributed by atoms with van der Waals surface area (Å²) >= 11 is 5.95. The van der Waals surface area contributed by atoms with Gasteiger partial charge in [0, 0.05) is 11.6 Å². The van der Waals surface area contributed by atoms with Crippen LogP contribution in [0.2, 0.25) is 5.02 Å². The van der Waals surface area contributed by atoms with Crippen LogP contribution in [-0.4, -0.2) is 13.1 Å². The molecule has 0 saturated heterocycles. The maximum atomic E-state index is 5.95. The molecule has 1 nitrogen and oxygen atoms in total. The summed E-state index contributed by atoms with van der Waals surface area (Å²) < 4.78 is 0. The van der Waals surface area contributed by atoms with Gasteiger partial charge in [0.05, 0.1) is 0 Å². The molecule has 0 bridgehead atoms. The molecule has 0 fully saturated rings. The van der Waals surface area contributed by atoms with Gasteiger partial charge in [0.25, 0.3) is 0 Å². The molecule has 1 atom stereocenters. The molecule has 1 rings (SSSR count). The van der Waals surface area contributed by atoms with E-state index in [4.69, 9.17) is 11.6 Å². The Bertz CT molecular complexity index is 303. The van der Waals surface area contributed by atoms with Crippen LogP contribution in [0.25, 0.3) is 0 Å². The zero-order chi connectivity index (χ0) is 12.7. The van der Waals surface area contributed by atoms with E-state index < -0.39 is 0 Å². The van der Waals surface area contributed by atoms with Crippen LogP contribution in [0.15, 0.2) is 24.3 Å². The fraction of sp³-hybridized carbons (Fsp3) is 0.600. The largest absolute Gasteiger partial charge is 0.316 e. The van der Waals surface area contributed by atoms with E-state index in [1.54, 1.807) is 0 Å². The first-order chi connectivity index (χ1) is 8.22. The Morgan fingerprint density at radius 1 is 1.06 bits per heavy atom. The van der Waals surface area contributed by atoms with Crippen LogP contribution in [0.1, 0.15) is 45.1 Å². The lowest BCUT2D eigenvalue weighted by atomic mass is 9.82. The number of rotatable bonds is 7. The molecule has 0 amide bonds. The molecule has 2 heteroatoms. The number of nitrogens with one attached hydrogen (secondary N) is 1. The summed E-state index contributed by atoms with van der Waals surface area (Å²) in [6, 6.07) is 8.34. The SMILES string of the molecule is CCNCC(c1ccc(Cl)cc1)C(CC)CC. The third-order valence-corrected chi connectivity index (χ3v) is 3.78. The highest BCUT2D eigenvalue weighted by Gasteiger charge is 2.19. The van der Waals surface area contributed by atoms with Gasteiger partial charge >= 0.3 is 0 Å². The van der Waals surface area contributed by atoms with Crippen molar-refractivity contribution in [2.24, 2.45) is 5.92 Å². The van der Waals surface area contributed by atoms with Crippen LogP contribution in [0.4, 0.5) is 0 Å². The molecule has 0 heterocycles. The normalized spacial score (nSPS) is 13.0. The van der Waals surface area contributed by atoms with Gasteiger partial charge in [-0.25, -0.2) is 0 Å². The number of halogens is 1. The minimum Gasteiger partial charge on any atom is -0.316 e. The van der Waals surface area contributed by atoms with Crippen molar-refractivity contribution in [3.63, 3.8) is 0 Å². The molecule has 0 aromatic heterocycles. The van der Waals surface area contributed by atoms with Crippen LogP contribution >= 0.6 is 11.6 Å². The van der Waals surface area contributed by atoms with Crippen LogP contribution in [0.5, 0.6) is 0 Å². The van der Waals surface area contributed by atoms with Gasteiger partial charge in [0.1, 0.15) is 0 Å². The highest BCUT2D eigenvalue weighted by Crippen LogP contribution is 2.29. The van der Waals surface area contributed by atoms with E-state index >= 15 is 0 Å². The van der Waals surface area contributed by atoms with Crippen molar-refractivity contribution in [2.75, 3.05) is 13.1 Å². The zero-order valence-electron chi connectivity index (χ0n) is 11.2. The second-order valence-corrected chi connectivity index (χ2v) is 4.98. The number of hydrogen-bond acceptors (Lipinski definition) is 1. The van der Waals surface area contributed by atoms with E-state index in [-0.39, 0.29) is 0 Å². The molecule has 1 aromatic rings. The second kappa shape index (κ2) is 7.73. The fourth-order valence-corrected chi connectivity index (χ4v) is 2.55. The monoisotopic (exact) mass is 253 g/mol.